The van der Waals surface area contributed by atoms with Gasteiger partial charge >= 0.3 is 5.97 Å². The number of allylic oxidation sites excluding steroid dienone is 4. The number of nitriles is 1. The summed E-state index contributed by atoms with van der Waals surface area (Å²) < 4.78 is 1.99. The van der Waals surface area contributed by atoms with Gasteiger partial charge in [-0.1, -0.05) is 119 Å². The van der Waals surface area contributed by atoms with Crippen molar-refractivity contribution in [1.29, 1.82) is 5.26 Å². The molecule has 344 valence electrons. The molecule has 2 aliphatic carbocycles. The number of aliphatic carboxylic acids is 1. The number of carbonyl (C=O) groups excluding carboxylic acids is 2. The van der Waals surface area contributed by atoms with Crippen molar-refractivity contribution < 1.29 is 29.7 Å². The molecule has 0 saturated heterocycles. The number of nitrogens with zero attached hydrogens (tertiary/aromatic N) is 2. The standard InChI is InChI=1S/C58H54N2O6S2/c1-55(2,3)44-24-32(25-45(67-44)56(4,5)6)22-40-50(61)48(51(40)62)34-15-19-42-38(28-34)39-29-35(16-20-43(39)60(42)37-17-13-31(14-18-37)21-36(30-59)54(65)66)49-52(63)41(53(49)64)23-33-26-46(57(7,8)9)68-47(27-33)58(10,11)12/h13-29H,1-12H3,(H-2,61,62,63,64,65,66)/b36-21-. The first-order valence-corrected chi connectivity index (χ1v) is 24.2. The Morgan fingerprint density at radius 1 is 0.574 bits per heavy atom. The molecule has 1 N–H and O–H groups in total. The molecule has 0 fully saturated rings. The summed E-state index contributed by atoms with van der Waals surface area (Å²) in [7, 11) is 0. The van der Waals surface area contributed by atoms with Crippen molar-refractivity contribution in [1.82, 2.24) is 4.57 Å². The third kappa shape index (κ3) is 8.77. The second-order valence-electron chi connectivity index (χ2n) is 21.8. The number of ketones is 2. The molecule has 6 aromatic rings. The lowest BCUT2D eigenvalue weighted by Gasteiger charge is -2.31. The molecule has 0 unspecified atom stereocenters. The Morgan fingerprint density at radius 2 is 0.941 bits per heavy atom. The molecule has 8 nitrogen and oxygen atoms in total. The van der Waals surface area contributed by atoms with Crippen LogP contribution in [0.3, 0.4) is 0 Å². The lowest BCUT2D eigenvalue weighted by atomic mass is 9.81. The average Bonchev–Trinajstić information content (AvgIpc) is 3.58. The third-order valence-electron chi connectivity index (χ3n) is 12.3. The van der Waals surface area contributed by atoms with Crippen LogP contribution in [0.5, 0.6) is 0 Å². The second-order valence-corrected chi connectivity index (χ2v) is 24.0. The largest absolute Gasteiger partial charge is 0.871 e. The highest BCUT2D eigenvalue weighted by Crippen LogP contribution is 2.44. The molecule has 10 heteroatoms. The van der Waals surface area contributed by atoms with Gasteiger partial charge in [-0.3, -0.25) is 9.59 Å². The predicted octanol–water partition coefficient (Wildman–Crippen LogP) is 12.1. The van der Waals surface area contributed by atoms with E-state index in [2.05, 4.69) is 107 Å². The normalized spacial score (nSPS) is 16.2. The summed E-state index contributed by atoms with van der Waals surface area (Å²) in [6, 6.07) is 27.8. The Kier molecular flexibility index (Phi) is 11.8. The van der Waals surface area contributed by atoms with E-state index >= 15 is 0 Å². The van der Waals surface area contributed by atoms with Crippen LogP contribution in [-0.2, 0) is 36.0 Å². The molecule has 8 rings (SSSR count). The van der Waals surface area contributed by atoms with Crippen molar-refractivity contribution in [3.8, 4) is 11.8 Å². The minimum Gasteiger partial charge on any atom is -0.871 e. The summed E-state index contributed by atoms with van der Waals surface area (Å²) >= 11 is 3.47. The molecule has 68 heavy (non-hydrogen) atoms. The van der Waals surface area contributed by atoms with E-state index in [0.29, 0.717) is 33.2 Å². The predicted molar refractivity (Wildman–Crippen MR) is 274 cm³/mol. The van der Waals surface area contributed by atoms with Gasteiger partial charge in [0.2, 0.25) is 42.2 Å². The summed E-state index contributed by atoms with van der Waals surface area (Å²) in [4.78, 5) is 44.2. The van der Waals surface area contributed by atoms with Crippen molar-refractivity contribution in [2.24, 2.45) is 0 Å². The summed E-state index contributed by atoms with van der Waals surface area (Å²) in [6.07, 6.45) is 4.70. The zero-order valence-electron chi connectivity index (χ0n) is 40.5. The number of carboxylic acids is 1. The molecule has 3 aromatic heterocycles. The van der Waals surface area contributed by atoms with Crippen LogP contribution in [0.25, 0.3) is 56.9 Å². The van der Waals surface area contributed by atoms with Crippen molar-refractivity contribution in [2.45, 2.75) is 105 Å². The van der Waals surface area contributed by atoms with Gasteiger partial charge in [-0.2, -0.15) is 5.26 Å². The molecule has 0 aliphatic heterocycles. The SMILES string of the molecule is CC(C)(C)c1cc(/C=C2/C(=O)C(c3ccc4c(c3)c3cc(C5=C([O-])/C(=C\c6cc(C(C)(C)C)[s+]c(C(C)(C)C)c6)C5=O)ccc3n4-c3ccc(/C=C(/C#N)C(=O)O)cc3)=C2[O-])cc(C(C)(C)C)[s+]1. The molecule has 0 radical (unpaired) electrons. The minimum absolute atomic E-state index is 0.0864. The first-order chi connectivity index (χ1) is 31.6. The average molecular weight is 939 g/mol. The lowest BCUT2D eigenvalue weighted by Crippen LogP contribution is -2.28. The first kappa shape index (κ1) is 47.7. The van der Waals surface area contributed by atoms with Gasteiger partial charge in [0.15, 0.2) is 11.6 Å². The zero-order chi connectivity index (χ0) is 49.6. The smallest absolute Gasteiger partial charge is 0.346 e. The molecule has 3 heterocycles. The van der Waals surface area contributed by atoms with E-state index in [1.165, 1.54) is 6.08 Å². The first-order valence-electron chi connectivity index (χ1n) is 22.5. The van der Waals surface area contributed by atoms with E-state index in [1.807, 2.05) is 28.8 Å². The number of carboxylic acid groups (broad SMARTS) is 1. The highest BCUT2D eigenvalue weighted by Gasteiger charge is 2.36. The van der Waals surface area contributed by atoms with Crippen molar-refractivity contribution in [3.63, 3.8) is 0 Å². The van der Waals surface area contributed by atoms with Crippen LogP contribution in [0.15, 0.2) is 113 Å². The van der Waals surface area contributed by atoms with Crippen molar-refractivity contribution >= 4 is 91.4 Å². The van der Waals surface area contributed by atoms with Gasteiger partial charge in [-0.05, 0) is 82.4 Å². The van der Waals surface area contributed by atoms with Gasteiger partial charge in [0.05, 0.1) is 11.0 Å². The Balaban J connectivity index is 1.26. The molecule has 0 atom stereocenters. The number of rotatable bonds is 7. The maximum Gasteiger partial charge on any atom is 0.346 e. The quantitative estimate of drug-likeness (QED) is 0.0952. The number of fused-ring (bicyclic) bond motifs is 3. The fourth-order valence-corrected chi connectivity index (χ4v) is 10.8. The van der Waals surface area contributed by atoms with Gasteiger partial charge in [0.25, 0.3) is 0 Å². The van der Waals surface area contributed by atoms with Crippen LogP contribution in [0, 0.1) is 11.3 Å². The maximum absolute atomic E-state index is 14.0. The second kappa shape index (κ2) is 16.8. The fraction of sp³-hybridized carbons (Fsp3) is 0.276. The van der Waals surface area contributed by atoms with E-state index in [0.717, 1.165) is 41.7 Å². The number of hydrogen-bond donors (Lipinski definition) is 1. The number of carbonyl (C=O) groups is 3. The zero-order valence-corrected chi connectivity index (χ0v) is 42.1. The monoisotopic (exact) mass is 938 g/mol. The van der Waals surface area contributed by atoms with E-state index in [4.69, 9.17) is 0 Å². The Bertz CT molecular complexity index is 3150. The molecule has 3 aromatic carbocycles. The van der Waals surface area contributed by atoms with Crippen LogP contribution >= 0.6 is 22.7 Å². The summed E-state index contributed by atoms with van der Waals surface area (Å²) in [5.41, 5.74) is 4.68. The molecule has 0 bridgehead atoms. The van der Waals surface area contributed by atoms with E-state index in [9.17, 15) is 35.0 Å². The Labute approximate surface area is 405 Å². The van der Waals surface area contributed by atoms with E-state index < -0.39 is 11.5 Å². The minimum atomic E-state index is -1.33. The lowest BCUT2D eigenvalue weighted by molar-refractivity contribution is -0.298. The van der Waals surface area contributed by atoms with Crippen LogP contribution in [0.2, 0.25) is 0 Å². The van der Waals surface area contributed by atoms with Crippen LogP contribution in [-0.4, -0.2) is 27.2 Å². The molecular weight excluding hydrogens is 885 g/mol. The summed E-state index contributed by atoms with van der Waals surface area (Å²) in [5, 5.41) is 48.2. The third-order valence-corrected chi connectivity index (χ3v) is 16.1. The molecular formula is C58H54N2O6S2. The number of benzene rings is 3. The van der Waals surface area contributed by atoms with Crippen LogP contribution < -0.4 is 10.2 Å². The fourth-order valence-electron chi connectivity index (χ4n) is 8.28. The summed E-state index contributed by atoms with van der Waals surface area (Å²) in [5.74, 6) is -2.69. The van der Waals surface area contributed by atoms with Gasteiger partial charge in [0, 0.05) is 84.7 Å². The molecule has 2 aliphatic rings. The highest BCUT2D eigenvalue weighted by molar-refractivity contribution is 7.12. The number of Topliss-reactive ketones (excluding diaryl/α,β-unsaturated/α-hetero) is 2. The van der Waals surface area contributed by atoms with Gasteiger partial charge < -0.3 is 19.9 Å². The molecule has 0 spiro atoms. The van der Waals surface area contributed by atoms with Crippen LogP contribution in [0.4, 0.5) is 0 Å². The van der Waals surface area contributed by atoms with Crippen molar-refractivity contribution in [3.05, 3.63) is 160 Å². The van der Waals surface area contributed by atoms with E-state index in [1.54, 1.807) is 77.3 Å². The van der Waals surface area contributed by atoms with Gasteiger partial charge in [0.1, 0.15) is 11.6 Å². The molecule has 0 amide bonds. The van der Waals surface area contributed by atoms with Gasteiger partial charge in [-0.25, -0.2) is 4.79 Å². The maximum atomic E-state index is 14.0. The van der Waals surface area contributed by atoms with Crippen molar-refractivity contribution in [2.75, 3.05) is 0 Å². The van der Waals surface area contributed by atoms with E-state index in [-0.39, 0.29) is 67.0 Å². The van der Waals surface area contributed by atoms with Crippen LogP contribution in [0.1, 0.15) is 130 Å². The summed E-state index contributed by atoms with van der Waals surface area (Å²) in [6.45, 7) is 25.8. The Morgan fingerprint density at radius 3 is 1.25 bits per heavy atom. The molecule has 0 saturated carbocycles. The number of hydrogen-bond acceptors (Lipinski definition) is 6. The Hall–Kier alpha value is -6.80. The topological polar surface area (TPSA) is 146 Å². The van der Waals surface area contributed by atoms with Gasteiger partial charge in [-0.15, -0.1) is 0 Å². The highest BCUT2D eigenvalue weighted by atomic mass is 32.1. The number of aromatic nitrogens is 1.